The molecule has 0 saturated heterocycles. The lowest BCUT2D eigenvalue weighted by atomic mass is 9.65. The molecule has 0 heterocycles. The van der Waals surface area contributed by atoms with Gasteiger partial charge < -0.3 is 10.5 Å². The minimum atomic E-state index is 0.211. The zero-order chi connectivity index (χ0) is 9.47. The van der Waals surface area contributed by atoms with Crippen molar-refractivity contribution in [1.82, 2.24) is 0 Å². The zero-order valence-electron chi connectivity index (χ0n) is 8.75. The van der Waals surface area contributed by atoms with Crippen LogP contribution < -0.4 is 5.73 Å². The first-order valence-electron chi connectivity index (χ1n) is 5.52. The van der Waals surface area contributed by atoms with E-state index in [9.17, 15) is 0 Å². The van der Waals surface area contributed by atoms with Gasteiger partial charge in [-0.05, 0) is 19.3 Å². The van der Waals surface area contributed by atoms with Crippen LogP contribution >= 0.6 is 0 Å². The van der Waals surface area contributed by atoms with E-state index >= 15 is 0 Å². The molecule has 0 aromatic rings. The highest BCUT2D eigenvalue weighted by atomic mass is 16.5. The van der Waals surface area contributed by atoms with Gasteiger partial charge in [0.2, 0.25) is 0 Å². The fraction of sp³-hybridized carbons (Fsp3) is 1.00. The van der Waals surface area contributed by atoms with Gasteiger partial charge in [0.25, 0.3) is 0 Å². The third-order valence-corrected chi connectivity index (χ3v) is 3.91. The fourth-order valence-electron chi connectivity index (χ4n) is 2.40. The molecule has 0 bridgehead atoms. The van der Waals surface area contributed by atoms with Gasteiger partial charge in [-0.25, -0.2) is 0 Å². The van der Waals surface area contributed by atoms with Crippen molar-refractivity contribution in [2.24, 2.45) is 11.1 Å². The molecule has 2 atom stereocenters. The second-order valence-electron chi connectivity index (χ2n) is 5.19. The molecule has 0 amide bonds. The van der Waals surface area contributed by atoms with Crippen LogP contribution in [0.1, 0.15) is 46.0 Å². The molecular formula is C11H21NO. The van der Waals surface area contributed by atoms with Crippen molar-refractivity contribution in [3.63, 3.8) is 0 Å². The van der Waals surface area contributed by atoms with Gasteiger partial charge in [0.05, 0.1) is 12.2 Å². The fourth-order valence-corrected chi connectivity index (χ4v) is 2.40. The number of rotatable bonds is 2. The maximum absolute atomic E-state index is 6.05. The molecule has 2 N–H and O–H groups in total. The average Bonchev–Trinajstić information content (AvgIpc) is 2.56. The minimum absolute atomic E-state index is 0.211. The van der Waals surface area contributed by atoms with Gasteiger partial charge in [0, 0.05) is 11.5 Å². The molecule has 2 aliphatic rings. The highest BCUT2D eigenvalue weighted by Crippen LogP contribution is 2.43. The lowest BCUT2D eigenvalue weighted by Crippen LogP contribution is -2.59. The largest absolute Gasteiger partial charge is 0.374 e. The number of nitrogens with two attached hydrogens (primary N) is 1. The Morgan fingerprint density at radius 3 is 2.31 bits per heavy atom. The second kappa shape index (κ2) is 3.25. The summed E-state index contributed by atoms with van der Waals surface area (Å²) in [6, 6.07) is 0.346. The van der Waals surface area contributed by atoms with Crippen LogP contribution in [0.15, 0.2) is 0 Å². The molecule has 2 rings (SSSR count). The van der Waals surface area contributed by atoms with Crippen LogP contribution in [0.2, 0.25) is 0 Å². The van der Waals surface area contributed by atoms with Crippen LogP contribution in [0.4, 0.5) is 0 Å². The van der Waals surface area contributed by atoms with Crippen molar-refractivity contribution in [2.75, 3.05) is 0 Å². The summed E-state index contributed by atoms with van der Waals surface area (Å²) in [5, 5.41) is 0. The summed E-state index contributed by atoms with van der Waals surface area (Å²) < 4.78 is 6.05. The highest BCUT2D eigenvalue weighted by molar-refractivity contribution is 5.01. The van der Waals surface area contributed by atoms with E-state index in [0.29, 0.717) is 18.2 Å². The zero-order valence-corrected chi connectivity index (χ0v) is 8.75. The summed E-state index contributed by atoms with van der Waals surface area (Å²) in [7, 11) is 0. The molecule has 2 heteroatoms. The van der Waals surface area contributed by atoms with E-state index in [1.807, 2.05) is 0 Å². The van der Waals surface area contributed by atoms with Gasteiger partial charge >= 0.3 is 0 Å². The first-order valence-corrected chi connectivity index (χ1v) is 5.52. The Bertz CT molecular complexity index is 185. The molecule has 76 valence electrons. The summed E-state index contributed by atoms with van der Waals surface area (Å²) in [6.45, 7) is 4.45. The van der Waals surface area contributed by atoms with Crippen LogP contribution in [0.3, 0.4) is 0 Å². The SMILES string of the molecule is CC1(C)C(N)CC1OC1CCCC1. The maximum atomic E-state index is 6.05. The van der Waals surface area contributed by atoms with Gasteiger partial charge in [0.15, 0.2) is 0 Å². The van der Waals surface area contributed by atoms with Crippen LogP contribution in [-0.4, -0.2) is 18.2 Å². The number of hydrogen-bond donors (Lipinski definition) is 1. The molecule has 2 unspecified atom stereocenters. The smallest absolute Gasteiger partial charge is 0.0659 e. The Morgan fingerprint density at radius 1 is 1.23 bits per heavy atom. The Morgan fingerprint density at radius 2 is 1.85 bits per heavy atom. The predicted molar refractivity (Wildman–Crippen MR) is 53.5 cm³/mol. The third kappa shape index (κ3) is 1.62. The summed E-state index contributed by atoms with van der Waals surface area (Å²) in [5.74, 6) is 0. The molecule has 0 aliphatic heterocycles. The summed E-state index contributed by atoms with van der Waals surface area (Å²) in [6.07, 6.45) is 7.25. The standard InChI is InChI=1S/C11H21NO/c1-11(2)9(12)7-10(11)13-8-5-3-4-6-8/h8-10H,3-7,12H2,1-2H3. The lowest BCUT2D eigenvalue weighted by molar-refractivity contribution is -0.137. The van der Waals surface area contributed by atoms with Crippen molar-refractivity contribution < 1.29 is 4.74 Å². The molecule has 0 aromatic carbocycles. The number of hydrogen-bond acceptors (Lipinski definition) is 2. The molecule has 0 spiro atoms. The monoisotopic (exact) mass is 183 g/mol. The van der Waals surface area contributed by atoms with E-state index in [2.05, 4.69) is 13.8 Å². The first-order chi connectivity index (χ1) is 6.10. The van der Waals surface area contributed by atoms with Crippen molar-refractivity contribution in [1.29, 1.82) is 0 Å². The van der Waals surface area contributed by atoms with Crippen LogP contribution in [0.25, 0.3) is 0 Å². The maximum Gasteiger partial charge on any atom is 0.0659 e. The number of ether oxygens (including phenoxy) is 1. The lowest BCUT2D eigenvalue weighted by Gasteiger charge is -2.50. The molecular weight excluding hydrogens is 162 g/mol. The Balaban J connectivity index is 1.83. The summed E-state index contributed by atoms with van der Waals surface area (Å²) in [4.78, 5) is 0. The normalized spacial score (nSPS) is 39.0. The van der Waals surface area contributed by atoms with Gasteiger partial charge in [-0.3, -0.25) is 0 Å². The van der Waals surface area contributed by atoms with Crippen LogP contribution in [-0.2, 0) is 4.74 Å². The van der Waals surface area contributed by atoms with E-state index in [4.69, 9.17) is 10.5 Å². The van der Waals surface area contributed by atoms with Crippen LogP contribution in [0, 0.1) is 5.41 Å². The van der Waals surface area contributed by atoms with Crippen molar-refractivity contribution >= 4 is 0 Å². The van der Waals surface area contributed by atoms with E-state index in [-0.39, 0.29) is 5.41 Å². The third-order valence-electron chi connectivity index (χ3n) is 3.91. The molecule has 2 fully saturated rings. The molecule has 0 radical (unpaired) electrons. The van der Waals surface area contributed by atoms with E-state index in [0.717, 1.165) is 6.42 Å². The van der Waals surface area contributed by atoms with Gasteiger partial charge in [0.1, 0.15) is 0 Å². The summed E-state index contributed by atoms with van der Waals surface area (Å²) >= 11 is 0. The van der Waals surface area contributed by atoms with Gasteiger partial charge in [-0.2, -0.15) is 0 Å². The molecule has 0 aromatic heterocycles. The van der Waals surface area contributed by atoms with Crippen molar-refractivity contribution in [2.45, 2.75) is 64.2 Å². The minimum Gasteiger partial charge on any atom is -0.374 e. The van der Waals surface area contributed by atoms with Gasteiger partial charge in [-0.15, -0.1) is 0 Å². The Labute approximate surface area is 80.8 Å². The van der Waals surface area contributed by atoms with Crippen LogP contribution in [0.5, 0.6) is 0 Å². The molecule has 2 nitrogen and oxygen atoms in total. The Kier molecular flexibility index (Phi) is 2.37. The van der Waals surface area contributed by atoms with E-state index in [1.54, 1.807) is 0 Å². The van der Waals surface area contributed by atoms with E-state index < -0.39 is 0 Å². The van der Waals surface area contributed by atoms with Crippen molar-refractivity contribution in [3.05, 3.63) is 0 Å². The first kappa shape index (κ1) is 9.47. The quantitative estimate of drug-likeness (QED) is 0.711. The highest BCUT2D eigenvalue weighted by Gasteiger charge is 2.47. The average molecular weight is 183 g/mol. The molecule has 2 aliphatic carbocycles. The predicted octanol–water partition coefficient (Wildman–Crippen LogP) is 2.07. The van der Waals surface area contributed by atoms with Gasteiger partial charge in [-0.1, -0.05) is 26.7 Å². The topological polar surface area (TPSA) is 35.2 Å². The van der Waals surface area contributed by atoms with E-state index in [1.165, 1.54) is 25.7 Å². The molecule has 2 saturated carbocycles. The Hall–Kier alpha value is -0.0800. The summed E-state index contributed by atoms with van der Waals surface area (Å²) in [5.41, 5.74) is 6.15. The van der Waals surface area contributed by atoms with Crippen molar-refractivity contribution in [3.8, 4) is 0 Å². The molecule has 13 heavy (non-hydrogen) atoms. The second-order valence-corrected chi connectivity index (χ2v) is 5.19.